The first-order valence-corrected chi connectivity index (χ1v) is 12.2. The molecule has 1 amide bonds. The van der Waals surface area contributed by atoms with Crippen LogP contribution in [0.4, 0.5) is 5.69 Å². The number of hydrogen-bond donors (Lipinski definition) is 0. The maximum absolute atomic E-state index is 13.5. The van der Waals surface area contributed by atoms with Crippen molar-refractivity contribution in [2.24, 2.45) is 5.92 Å². The third-order valence-electron chi connectivity index (χ3n) is 5.64. The molecule has 0 saturated carbocycles. The average Bonchev–Trinajstić information content (AvgIpc) is 2.76. The molecular weight excluding hydrogens is 416 g/mol. The molecule has 1 aliphatic rings. The SMILES string of the molecule is COc1cc(C(=O)N2CCC(C)CC2)c(N(Cc2ccccc2)S(C)(=O)=O)cc1OC. The van der Waals surface area contributed by atoms with Crippen LogP contribution in [0.25, 0.3) is 0 Å². The number of benzene rings is 2. The van der Waals surface area contributed by atoms with Crippen LogP contribution in [-0.4, -0.2) is 52.8 Å². The summed E-state index contributed by atoms with van der Waals surface area (Å²) in [6.07, 6.45) is 2.99. The molecule has 2 aromatic carbocycles. The minimum Gasteiger partial charge on any atom is -0.493 e. The lowest BCUT2D eigenvalue weighted by atomic mass is 9.98. The van der Waals surface area contributed by atoms with E-state index in [2.05, 4.69) is 6.92 Å². The fourth-order valence-corrected chi connectivity index (χ4v) is 4.65. The van der Waals surface area contributed by atoms with Gasteiger partial charge in [-0.25, -0.2) is 8.42 Å². The number of ether oxygens (including phenoxy) is 2. The second-order valence-corrected chi connectivity index (χ2v) is 9.86. The van der Waals surface area contributed by atoms with Crippen LogP contribution >= 0.6 is 0 Å². The number of anilines is 1. The van der Waals surface area contributed by atoms with Gasteiger partial charge in [0.05, 0.1) is 38.3 Å². The van der Waals surface area contributed by atoms with Gasteiger partial charge in [-0.15, -0.1) is 0 Å². The third-order valence-corrected chi connectivity index (χ3v) is 6.77. The van der Waals surface area contributed by atoms with Crippen molar-refractivity contribution in [3.63, 3.8) is 0 Å². The van der Waals surface area contributed by atoms with Crippen LogP contribution < -0.4 is 13.8 Å². The van der Waals surface area contributed by atoms with Gasteiger partial charge in [0.15, 0.2) is 11.5 Å². The van der Waals surface area contributed by atoms with Crippen molar-refractivity contribution in [3.8, 4) is 11.5 Å². The summed E-state index contributed by atoms with van der Waals surface area (Å²) in [5.41, 5.74) is 1.38. The molecule has 2 aromatic rings. The van der Waals surface area contributed by atoms with Crippen molar-refractivity contribution in [1.29, 1.82) is 0 Å². The summed E-state index contributed by atoms with van der Waals surface area (Å²) in [7, 11) is -0.714. The zero-order chi connectivity index (χ0) is 22.6. The second kappa shape index (κ2) is 9.60. The number of sulfonamides is 1. The van der Waals surface area contributed by atoms with Gasteiger partial charge in [0.1, 0.15) is 0 Å². The van der Waals surface area contributed by atoms with Crippen molar-refractivity contribution in [2.75, 3.05) is 37.9 Å². The molecule has 1 fully saturated rings. The predicted octanol–water partition coefficient (Wildman–Crippen LogP) is 3.54. The van der Waals surface area contributed by atoms with Gasteiger partial charge in [-0.05, 0) is 30.4 Å². The summed E-state index contributed by atoms with van der Waals surface area (Å²) >= 11 is 0. The van der Waals surface area contributed by atoms with Crippen molar-refractivity contribution in [3.05, 3.63) is 53.6 Å². The molecule has 8 heteroatoms. The van der Waals surface area contributed by atoms with Gasteiger partial charge in [0.2, 0.25) is 10.0 Å². The van der Waals surface area contributed by atoms with Gasteiger partial charge in [-0.2, -0.15) is 0 Å². The average molecular weight is 447 g/mol. The molecule has 0 bridgehead atoms. The van der Waals surface area contributed by atoms with Crippen molar-refractivity contribution in [2.45, 2.75) is 26.3 Å². The molecule has 31 heavy (non-hydrogen) atoms. The van der Waals surface area contributed by atoms with E-state index >= 15 is 0 Å². The van der Waals surface area contributed by atoms with Crippen LogP contribution in [0.3, 0.4) is 0 Å². The van der Waals surface area contributed by atoms with E-state index in [1.54, 1.807) is 17.0 Å². The van der Waals surface area contributed by atoms with E-state index < -0.39 is 10.0 Å². The summed E-state index contributed by atoms with van der Waals surface area (Å²) in [4.78, 5) is 15.3. The van der Waals surface area contributed by atoms with Crippen LogP contribution in [0.2, 0.25) is 0 Å². The monoisotopic (exact) mass is 446 g/mol. The Morgan fingerprint density at radius 2 is 1.65 bits per heavy atom. The molecule has 0 unspecified atom stereocenters. The van der Waals surface area contributed by atoms with Crippen molar-refractivity contribution < 1.29 is 22.7 Å². The maximum atomic E-state index is 13.5. The van der Waals surface area contributed by atoms with Gasteiger partial charge >= 0.3 is 0 Å². The van der Waals surface area contributed by atoms with E-state index in [9.17, 15) is 13.2 Å². The van der Waals surface area contributed by atoms with Gasteiger partial charge in [0.25, 0.3) is 5.91 Å². The van der Waals surface area contributed by atoms with Crippen LogP contribution in [0.15, 0.2) is 42.5 Å². The highest BCUT2D eigenvalue weighted by Crippen LogP contribution is 2.38. The van der Waals surface area contributed by atoms with E-state index in [0.29, 0.717) is 30.5 Å². The molecule has 3 rings (SSSR count). The summed E-state index contributed by atoms with van der Waals surface area (Å²) in [6, 6.07) is 12.4. The zero-order valence-corrected chi connectivity index (χ0v) is 19.3. The molecule has 0 radical (unpaired) electrons. The number of amides is 1. The van der Waals surface area contributed by atoms with Crippen LogP contribution in [0, 0.1) is 5.92 Å². The highest BCUT2D eigenvalue weighted by molar-refractivity contribution is 7.92. The number of nitrogens with zero attached hydrogens (tertiary/aromatic N) is 2. The smallest absolute Gasteiger partial charge is 0.256 e. The summed E-state index contributed by atoms with van der Waals surface area (Å²) < 4.78 is 37.7. The summed E-state index contributed by atoms with van der Waals surface area (Å²) in [5.74, 6) is 1.11. The number of piperidine rings is 1. The number of hydrogen-bond acceptors (Lipinski definition) is 5. The molecule has 1 heterocycles. The Morgan fingerprint density at radius 3 is 2.19 bits per heavy atom. The molecule has 0 N–H and O–H groups in total. The maximum Gasteiger partial charge on any atom is 0.256 e. The molecule has 7 nitrogen and oxygen atoms in total. The largest absolute Gasteiger partial charge is 0.493 e. The lowest BCUT2D eigenvalue weighted by Gasteiger charge is -2.32. The highest BCUT2D eigenvalue weighted by Gasteiger charge is 2.30. The predicted molar refractivity (Wildman–Crippen MR) is 121 cm³/mol. The molecule has 1 saturated heterocycles. The van der Waals surface area contributed by atoms with E-state index in [0.717, 1.165) is 24.7 Å². The lowest BCUT2D eigenvalue weighted by molar-refractivity contribution is 0.0697. The Bertz CT molecular complexity index is 1020. The van der Waals surface area contributed by atoms with Gasteiger partial charge in [0, 0.05) is 19.2 Å². The van der Waals surface area contributed by atoms with Gasteiger partial charge < -0.3 is 14.4 Å². The van der Waals surface area contributed by atoms with Gasteiger partial charge in [-0.1, -0.05) is 37.3 Å². The Labute approximate surface area is 184 Å². The zero-order valence-electron chi connectivity index (χ0n) is 18.5. The minimum atomic E-state index is -3.69. The first kappa shape index (κ1) is 22.9. The second-order valence-electron chi connectivity index (χ2n) is 7.95. The molecule has 1 aliphatic heterocycles. The minimum absolute atomic E-state index is 0.104. The number of methoxy groups -OCH3 is 2. The Morgan fingerprint density at radius 1 is 1.06 bits per heavy atom. The van der Waals surface area contributed by atoms with Crippen LogP contribution in [0.5, 0.6) is 11.5 Å². The standard InChI is InChI=1S/C23H30N2O5S/c1-17-10-12-24(13-11-17)23(26)19-14-21(29-2)22(30-3)15-20(19)25(31(4,27)28)16-18-8-6-5-7-9-18/h5-9,14-15,17H,10-13,16H2,1-4H3. The Balaban J connectivity index is 2.11. The van der Waals surface area contributed by atoms with E-state index in [1.807, 2.05) is 30.3 Å². The first-order chi connectivity index (χ1) is 14.7. The first-order valence-electron chi connectivity index (χ1n) is 10.3. The molecule has 0 atom stereocenters. The molecule has 0 aliphatic carbocycles. The summed E-state index contributed by atoms with van der Waals surface area (Å²) in [6.45, 7) is 3.57. The lowest BCUT2D eigenvalue weighted by Crippen LogP contribution is -2.39. The Kier molecular flexibility index (Phi) is 7.10. The number of carbonyl (C=O) groups excluding carboxylic acids is 1. The quantitative estimate of drug-likeness (QED) is 0.650. The van der Waals surface area contributed by atoms with E-state index in [4.69, 9.17) is 9.47 Å². The highest BCUT2D eigenvalue weighted by atomic mass is 32.2. The van der Waals surface area contributed by atoms with Crippen molar-refractivity contribution in [1.82, 2.24) is 4.90 Å². The Hall–Kier alpha value is -2.74. The van der Waals surface area contributed by atoms with Crippen molar-refractivity contribution >= 4 is 21.6 Å². The van der Waals surface area contributed by atoms with Crippen LogP contribution in [0.1, 0.15) is 35.7 Å². The molecule has 168 valence electrons. The third kappa shape index (κ3) is 5.31. The molecule has 0 spiro atoms. The van der Waals surface area contributed by atoms with Crippen LogP contribution in [-0.2, 0) is 16.6 Å². The van der Waals surface area contributed by atoms with Gasteiger partial charge in [-0.3, -0.25) is 9.10 Å². The number of likely N-dealkylation sites (tertiary alicyclic amines) is 1. The normalized spacial score (nSPS) is 14.9. The summed E-state index contributed by atoms with van der Waals surface area (Å²) in [5, 5.41) is 0. The van der Waals surface area contributed by atoms with E-state index in [1.165, 1.54) is 18.5 Å². The molecule has 0 aromatic heterocycles. The molecular formula is C23H30N2O5S. The fourth-order valence-electron chi connectivity index (χ4n) is 3.76. The fraction of sp³-hybridized carbons (Fsp3) is 0.435. The van der Waals surface area contributed by atoms with E-state index in [-0.39, 0.29) is 23.7 Å². The topological polar surface area (TPSA) is 76.2 Å². The number of rotatable bonds is 7. The number of carbonyl (C=O) groups is 1.